The summed E-state index contributed by atoms with van der Waals surface area (Å²) in [6.45, 7) is 9.77. The van der Waals surface area contributed by atoms with E-state index in [0.717, 1.165) is 13.0 Å². The molecule has 21 heavy (non-hydrogen) atoms. The minimum Gasteiger partial charge on any atom is -0.310 e. The van der Waals surface area contributed by atoms with Gasteiger partial charge in [-0.1, -0.05) is 45.9 Å². The van der Waals surface area contributed by atoms with Crippen molar-refractivity contribution in [2.45, 2.75) is 45.6 Å². The van der Waals surface area contributed by atoms with Gasteiger partial charge in [-0.2, -0.15) is 0 Å². The van der Waals surface area contributed by atoms with Gasteiger partial charge in [0.25, 0.3) is 0 Å². The summed E-state index contributed by atoms with van der Waals surface area (Å²) in [5, 5.41) is 7.01. The van der Waals surface area contributed by atoms with Crippen LogP contribution < -0.4 is 5.32 Å². The van der Waals surface area contributed by atoms with Crippen LogP contribution >= 0.6 is 33.9 Å². The van der Waals surface area contributed by atoms with E-state index >= 15 is 0 Å². The van der Waals surface area contributed by atoms with Gasteiger partial charge in [0, 0.05) is 26.8 Å². The molecule has 0 aliphatic heterocycles. The predicted molar refractivity (Wildman–Crippen MR) is 100 cm³/mol. The van der Waals surface area contributed by atoms with Crippen LogP contribution in [-0.4, -0.2) is 11.5 Å². The van der Waals surface area contributed by atoms with Crippen LogP contribution in [0.4, 0.5) is 0 Å². The molecular weight excluding hydrogens is 391 g/mol. The van der Waals surface area contributed by atoms with E-state index in [-0.39, 0.29) is 5.41 Å². The molecule has 1 N–H and O–H groups in total. The second kappa shape index (κ2) is 7.20. The highest BCUT2D eigenvalue weighted by Gasteiger charge is 2.20. The van der Waals surface area contributed by atoms with E-state index in [4.69, 9.17) is 4.98 Å². The summed E-state index contributed by atoms with van der Waals surface area (Å²) >= 11 is 4.20. The standard InChI is InChI=1S/C17H23IN2S/c1-5-19-14(12-8-6-7-9-13(12)18)10-16-20-15(11-21-16)17(2,3)4/h6-9,11,14,19H,5,10H2,1-4H3. The minimum atomic E-state index is 0.129. The van der Waals surface area contributed by atoms with E-state index in [2.05, 4.69) is 85.2 Å². The fourth-order valence-electron chi connectivity index (χ4n) is 2.22. The zero-order valence-corrected chi connectivity index (χ0v) is 16.1. The van der Waals surface area contributed by atoms with Crippen LogP contribution in [0.2, 0.25) is 0 Å². The van der Waals surface area contributed by atoms with Gasteiger partial charge in [0.15, 0.2) is 0 Å². The van der Waals surface area contributed by atoms with Gasteiger partial charge in [-0.15, -0.1) is 11.3 Å². The zero-order valence-electron chi connectivity index (χ0n) is 13.1. The summed E-state index contributed by atoms with van der Waals surface area (Å²) in [6.07, 6.45) is 0.953. The van der Waals surface area contributed by atoms with E-state index in [9.17, 15) is 0 Å². The molecule has 0 amide bonds. The van der Waals surface area contributed by atoms with Crippen molar-refractivity contribution in [1.29, 1.82) is 0 Å². The zero-order chi connectivity index (χ0) is 15.5. The summed E-state index contributed by atoms with van der Waals surface area (Å²) in [6, 6.07) is 8.93. The van der Waals surface area contributed by atoms with Gasteiger partial charge < -0.3 is 5.32 Å². The largest absolute Gasteiger partial charge is 0.310 e. The molecule has 4 heteroatoms. The Labute approximate surface area is 145 Å². The summed E-state index contributed by atoms with van der Waals surface area (Å²) in [5.41, 5.74) is 2.69. The van der Waals surface area contributed by atoms with Crippen LogP contribution in [0.5, 0.6) is 0 Å². The molecule has 0 bridgehead atoms. The maximum atomic E-state index is 4.83. The lowest BCUT2D eigenvalue weighted by molar-refractivity contribution is 0.538. The molecule has 0 aliphatic rings. The highest BCUT2D eigenvalue weighted by molar-refractivity contribution is 14.1. The third-order valence-electron chi connectivity index (χ3n) is 3.43. The first-order valence-corrected chi connectivity index (χ1v) is 9.30. The Hall–Kier alpha value is -0.460. The van der Waals surface area contributed by atoms with Crippen LogP contribution in [0.25, 0.3) is 0 Å². The number of hydrogen-bond donors (Lipinski definition) is 1. The van der Waals surface area contributed by atoms with Gasteiger partial charge in [-0.05, 0) is 40.8 Å². The number of benzene rings is 1. The van der Waals surface area contributed by atoms with Crippen LogP contribution in [0.1, 0.15) is 50.0 Å². The molecule has 0 radical (unpaired) electrons. The van der Waals surface area contributed by atoms with E-state index in [0.29, 0.717) is 6.04 Å². The van der Waals surface area contributed by atoms with E-state index < -0.39 is 0 Å². The normalized spacial score (nSPS) is 13.4. The average molecular weight is 414 g/mol. The lowest BCUT2D eigenvalue weighted by Crippen LogP contribution is -2.24. The summed E-state index contributed by atoms with van der Waals surface area (Å²) < 4.78 is 1.31. The Morgan fingerprint density at radius 1 is 1.29 bits per heavy atom. The molecular formula is C17H23IN2S. The highest BCUT2D eigenvalue weighted by Crippen LogP contribution is 2.28. The topological polar surface area (TPSA) is 24.9 Å². The van der Waals surface area contributed by atoms with Crippen molar-refractivity contribution in [3.8, 4) is 0 Å². The summed E-state index contributed by atoms with van der Waals surface area (Å²) in [4.78, 5) is 4.83. The lowest BCUT2D eigenvalue weighted by atomic mass is 9.93. The number of nitrogens with one attached hydrogen (secondary N) is 1. The molecule has 0 saturated heterocycles. The van der Waals surface area contributed by atoms with E-state index in [1.807, 2.05) is 0 Å². The van der Waals surface area contributed by atoms with Crippen molar-refractivity contribution in [2.24, 2.45) is 0 Å². The van der Waals surface area contributed by atoms with Gasteiger partial charge in [-0.25, -0.2) is 4.98 Å². The maximum Gasteiger partial charge on any atom is 0.0947 e. The molecule has 1 atom stereocenters. The molecule has 1 unspecified atom stereocenters. The Balaban J connectivity index is 2.21. The molecule has 2 aromatic rings. The number of halogens is 1. The van der Waals surface area contributed by atoms with E-state index in [1.54, 1.807) is 11.3 Å². The quantitative estimate of drug-likeness (QED) is 0.702. The number of hydrogen-bond acceptors (Lipinski definition) is 3. The molecule has 0 spiro atoms. The second-order valence-corrected chi connectivity index (χ2v) is 8.32. The first-order chi connectivity index (χ1) is 9.91. The SMILES string of the molecule is CCNC(Cc1nc(C(C)(C)C)cs1)c1ccccc1I. The van der Waals surface area contributed by atoms with Crippen molar-refractivity contribution >= 4 is 33.9 Å². The van der Waals surface area contributed by atoms with Crippen molar-refractivity contribution in [2.75, 3.05) is 6.54 Å². The third-order valence-corrected chi connectivity index (χ3v) is 5.28. The van der Waals surface area contributed by atoms with Gasteiger partial charge in [0.1, 0.15) is 0 Å². The molecule has 114 valence electrons. The third kappa shape index (κ3) is 4.50. The van der Waals surface area contributed by atoms with Crippen LogP contribution in [0.3, 0.4) is 0 Å². The number of nitrogens with zero attached hydrogens (tertiary/aromatic N) is 1. The monoisotopic (exact) mass is 414 g/mol. The van der Waals surface area contributed by atoms with Crippen molar-refractivity contribution < 1.29 is 0 Å². The predicted octanol–water partition coefficient (Wildman–Crippen LogP) is 4.94. The van der Waals surface area contributed by atoms with Crippen molar-refractivity contribution in [3.63, 3.8) is 0 Å². The van der Waals surface area contributed by atoms with Gasteiger partial charge in [-0.3, -0.25) is 0 Å². The summed E-state index contributed by atoms with van der Waals surface area (Å²) in [7, 11) is 0. The minimum absolute atomic E-state index is 0.129. The molecule has 0 aliphatic carbocycles. The van der Waals surface area contributed by atoms with Crippen molar-refractivity contribution in [3.05, 3.63) is 49.5 Å². The first-order valence-electron chi connectivity index (χ1n) is 7.34. The number of thiazole rings is 1. The Kier molecular flexibility index (Phi) is 5.80. The Morgan fingerprint density at radius 3 is 2.57 bits per heavy atom. The molecule has 2 nitrogen and oxygen atoms in total. The molecule has 0 fully saturated rings. The summed E-state index contributed by atoms with van der Waals surface area (Å²) in [5.74, 6) is 0. The molecule has 1 aromatic carbocycles. The van der Waals surface area contributed by atoms with Crippen LogP contribution in [-0.2, 0) is 11.8 Å². The second-order valence-electron chi connectivity index (χ2n) is 6.21. The van der Waals surface area contributed by atoms with Crippen LogP contribution in [0, 0.1) is 3.57 Å². The lowest BCUT2D eigenvalue weighted by Gasteiger charge is -2.19. The first kappa shape index (κ1) is 16.9. The highest BCUT2D eigenvalue weighted by atomic mass is 127. The number of aromatic nitrogens is 1. The Morgan fingerprint density at radius 2 is 2.00 bits per heavy atom. The molecule has 2 rings (SSSR count). The average Bonchev–Trinajstić information content (AvgIpc) is 2.87. The van der Waals surface area contributed by atoms with Gasteiger partial charge in [0.2, 0.25) is 0 Å². The smallest absolute Gasteiger partial charge is 0.0947 e. The molecule has 1 heterocycles. The molecule has 0 saturated carbocycles. The maximum absolute atomic E-state index is 4.83. The fourth-order valence-corrected chi connectivity index (χ4v) is 4.05. The number of rotatable bonds is 5. The van der Waals surface area contributed by atoms with Gasteiger partial charge in [0.05, 0.1) is 10.7 Å². The van der Waals surface area contributed by atoms with Crippen LogP contribution in [0.15, 0.2) is 29.6 Å². The van der Waals surface area contributed by atoms with E-state index in [1.165, 1.54) is 19.8 Å². The fraction of sp³-hybridized carbons (Fsp3) is 0.471. The van der Waals surface area contributed by atoms with Gasteiger partial charge >= 0.3 is 0 Å². The number of likely N-dealkylation sites (N-methyl/N-ethyl adjacent to an activating group) is 1. The van der Waals surface area contributed by atoms with Crippen molar-refractivity contribution in [1.82, 2.24) is 10.3 Å². The Bertz CT molecular complexity index is 586. The molecule has 1 aromatic heterocycles.